The number of fused-ring (bicyclic) bond motifs is 1. The van der Waals surface area contributed by atoms with Crippen molar-refractivity contribution in [3.63, 3.8) is 0 Å². The summed E-state index contributed by atoms with van der Waals surface area (Å²) in [4.78, 5) is 0.309. The fourth-order valence-electron chi connectivity index (χ4n) is 3.46. The highest BCUT2D eigenvalue weighted by atomic mass is 32.2. The molecule has 0 atom stereocenters. The predicted octanol–water partition coefficient (Wildman–Crippen LogP) is 4.52. The van der Waals surface area contributed by atoms with Crippen LogP contribution < -0.4 is 4.74 Å². The lowest BCUT2D eigenvalue weighted by atomic mass is 9.88. The van der Waals surface area contributed by atoms with Crippen LogP contribution in [0.2, 0.25) is 0 Å². The SMILES string of the molecule is Cc1c(C)c(S(=O)(=O)N=Cc2ccccc2)c(C)c2c1OC(C)(C)CC2. The van der Waals surface area contributed by atoms with Gasteiger partial charge in [-0.05, 0) is 75.3 Å². The maximum atomic E-state index is 13.0. The quantitative estimate of drug-likeness (QED) is 0.745. The molecule has 0 unspecified atom stereocenters. The Hall–Kier alpha value is -2.14. The van der Waals surface area contributed by atoms with E-state index in [9.17, 15) is 8.42 Å². The normalized spacial score (nSPS) is 16.3. The van der Waals surface area contributed by atoms with Crippen LogP contribution in [-0.4, -0.2) is 20.2 Å². The zero-order valence-electron chi connectivity index (χ0n) is 16.0. The Labute approximate surface area is 156 Å². The minimum Gasteiger partial charge on any atom is -0.487 e. The van der Waals surface area contributed by atoms with Crippen molar-refractivity contribution in [3.05, 3.63) is 58.1 Å². The van der Waals surface area contributed by atoms with Crippen molar-refractivity contribution in [1.82, 2.24) is 0 Å². The number of ether oxygens (including phenoxy) is 1. The highest BCUT2D eigenvalue weighted by Crippen LogP contribution is 2.42. The first kappa shape index (κ1) is 18.6. The number of rotatable bonds is 3. The lowest BCUT2D eigenvalue weighted by molar-refractivity contribution is 0.0832. The molecule has 0 saturated heterocycles. The first-order valence-corrected chi connectivity index (χ1v) is 10.2. The molecule has 26 heavy (non-hydrogen) atoms. The van der Waals surface area contributed by atoms with E-state index in [0.29, 0.717) is 10.5 Å². The van der Waals surface area contributed by atoms with Crippen molar-refractivity contribution >= 4 is 16.2 Å². The first-order valence-electron chi connectivity index (χ1n) is 8.79. The fraction of sp³-hybridized carbons (Fsp3) is 0.381. The Kier molecular flexibility index (Phi) is 4.69. The maximum Gasteiger partial charge on any atom is 0.282 e. The van der Waals surface area contributed by atoms with E-state index < -0.39 is 10.0 Å². The number of hydrogen-bond acceptors (Lipinski definition) is 3. The molecule has 138 valence electrons. The lowest BCUT2D eigenvalue weighted by Crippen LogP contribution is -2.33. The van der Waals surface area contributed by atoms with E-state index in [1.54, 1.807) is 0 Å². The maximum absolute atomic E-state index is 13.0. The molecule has 3 rings (SSSR count). The van der Waals surface area contributed by atoms with Gasteiger partial charge in [-0.25, -0.2) is 0 Å². The molecule has 0 bridgehead atoms. The molecule has 1 aliphatic heterocycles. The van der Waals surface area contributed by atoms with Crippen molar-refractivity contribution in [2.45, 2.75) is 58.0 Å². The van der Waals surface area contributed by atoms with E-state index in [-0.39, 0.29) is 5.60 Å². The standard InChI is InChI=1S/C21H25NO3S/c1-14-15(2)20(16(3)18-11-12-21(4,5)25-19(14)18)26(23,24)22-13-17-9-7-6-8-10-17/h6-10,13H,11-12H2,1-5H3. The lowest BCUT2D eigenvalue weighted by Gasteiger charge is -2.35. The van der Waals surface area contributed by atoms with Crippen LogP contribution in [0.5, 0.6) is 5.75 Å². The zero-order chi connectivity index (χ0) is 19.1. The van der Waals surface area contributed by atoms with E-state index in [0.717, 1.165) is 40.8 Å². The summed E-state index contributed by atoms with van der Waals surface area (Å²) in [5.74, 6) is 0.835. The summed E-state index contributed by atoms with van der Waals surface area (Å²) in [6.45, 7) is 9.75. The van der Waals surface area contributed by atoms with Crippen LogP contribution in [0.4, 0.5) is 0 Å². The van der Waals surface area contributed by atoms with Crippen molar-refractivity contribution in [2.75, 3.05) is 0 Å². The Morgan fingerprint density at radius 3 is 2.35 bits per heavy atom. The van der Waals surface area contributed by atoms with E-state index in [4.69, 9.17) is 4.74 Å². The second kappa shape index (κ2) is 6.54. The van der Waals surface area contributed by atoms with Crippen LogP contribution in [0, 0.1) is 20.8 Å². The highest BCUT2D eigenvalue weighted by Gasteiger charge is 2.33. The van der Waals surface area contributed by atoms with Gasteiger partial charge in [0.15, 0.2) is 0 Å². The average molecular weight is 372 g/mol. The molecule has 0 fully saturated rings. The van der Waals surface area contributed by atoms with Crippen molar-refractivity contribution in [2.24, 2.45) is 4.40 Å². The largest absolute Gasteiger partial charge is 0.487 e. The number of benzene rings is 2. The summed E-state index contributed by atoms with van der Waals surface area (Å²) >= 11 is 0. The number of sulfonamides is 1. The van der Waals surface area contributed by atoms with Gasteiger partial charge in [0.1, 0.15) is 11.4 Å². The summed E-state index contributed by atoms with van der Waals surface area (Å²) < 4.78 is 36.1. The van der Waals surface area contributed by atoms with Gasteiger partial charge in [-0.15, -0.1) is 0 Å². The van der Waals surface area contributed by atoms with Crippen LogP contribution in [0.25, 0.3) is 0 Å². The fourth-order valence-corrected chi connectivity index (χ4v) is 4.87. The molecule has 0 aliphatic carbocycles. The van der Waals surface area contributed by atoms with Crippen LogP contribution in [0.15, 0.2) is 39.6 Å². The summed E-state index contributed by atoms with van der Waals surface area (Å²) in [5, 5.41) is 0. The molecule has 0 amide bonds. The third kappa shape index (κ3) is 3.40. The van der Waals surface area contributed by atoms with Crippen molar-refractivity contribution in [1.29, 1.82) is 0 Å². The molecule has 1 aliphatic rings. The molecule has 5 heteroatoms. The minimum atomic E-state index is -3.79. The smallest absolute Gasteiger partial charge is 0.282 e. The van der Waals surface area contributed by atoms with E-state index in [1.165, 1.54) is 6.21 Å². The molecule has 0 N–H and O–H groups in total. The van der Waals surface area contributed by atoms with Gasteiger partial charge in [-0.1, -0.05) is 30.3 Å². The van der Waals surface area contributed by atoms with E-state index in [1.807, 2.05) is 51.1 Å². The van der Waals surface area contributed by atoms with Crippen molar-refractivity contribution in [3.8, 4) is 5.75 Å². The minimum absolute atomic E-state index is 0.234. The Balaban J connectivity index is 2.11. The second-order valence-corrected chi connectivity index (χ2v) is 9.06. The highest BCUT2D eigenvalue weighted by molar-refractivity contribution is 7.90. The molecule has 0 spiro atoms. The summed E-state index contributed by atoms with van der Waals surface area (Å²) in [7, 11) is -3.79. The molecule has 0 radical (unpaired) electrons. The van der Waals surface area contributed by atoms with Crippen LogP contribution >= 0.6 is 0 Å². The van der Waals surface area contributed by atoms with Gasteiger partial charge >= 0.3 is 0 Å². The topological polar surface area (TPSA) is 55.7 Å². The second-order valence-electron chi connectivity index (χ2n) is 7.49. The predicted molar refractivity (Wildman–Crippen MR) is 105 cm³/mol. The van der Waals surface area contributed by atoms with Crippen molar-refractivity contribution < 1.29 is 13.2 Å². The monoisotopic (exact) mass is 371 g/mol. The molecule has 2 aromatic carbocycles. The molecule has 4 nitrogen and oxygen atoms in total. The van der Waals surface area contributed by atoms with Gasteiger partial charge < -0.3 is 4.74 Å². The van der Waals surface area contributed by atoms with Gasteiger partial charge in [0.2, 0.25) is 0 Å². The third-order valence-electron chi connectivity index (χ3n) is 5.06. The van der Waals surface area contributed by atoms with Crippen LogP contribution in [-0.2, 0) is 16.4 Å². The van der Waals surface area contributed by atoms with Crippen LogP contribution in [0.1, 0.15) is 48.1 Å². The molecular weight excluding hydrogens is 346 g/mol. The molecule has 0 aromatic heterocycles. The zero-order valence-corrected chi connectivity index (χ0v) is 16.8. The number of hydrogen-bond donors (Lipinski definition) is 0. The molecule has 2 aromatic rings. The van der Waals surface area contributed by atoms with Gasteiger partial charge in [0, 0.05) is 6.21 Å². The van der Waals surface area contributed by atoms with Gasteiger partial charge in [-0.3, -0.25) is 0 Å². The van der Waals surface area contributed by atoms with E-state index >= 15 is 0 Å². The summed E-state index contributed by atoms with van der Waals surface area (Å²) in [5.41, 5.74) is 3.86. The Bertz CT molecular complexity index is 974. The third-order valence-corrected chi connectivity index (χ3v) is 6.58. The molecular formula is C21H25NO3S. The van der Waals surface area contributed by atoms with E-state index in [2.05, 4.69) is 18.2 Å². The van der Waals surface area contributed by atoms with Gasteiger partial charge in [-0.2, -0.15) is 12.8 Å². The summed E-state index contributed by atoms with van der Waals surface area (Å²) in [6, 6.07) is 9.24. The Morgan fingerprint density at radius 2 is 1.69 bits per heavy atom. The molecule has 1 heterocycles. The average Bonchev–Trinajstić information content (AvgIpc) is 2.58. The first-order chi connectivity index (χ1) is 12.1. The summed E-state index contributed by atoms with van der Waals surface area (Å²) in [6.07, 6.45) is 3.07. The van der Waals surface area contributed by atoms with Gasteiger partial charge in [0.05, 0.1) is 4.90 Å². The Morgan fingerprint density at radius 1 is 1.04 bits per heavy atom. The molecule has 0 saturated carbocycles. The number of nitrogens with zero attached hydrogens (tertiary/aromatic N) is 1. The van der Waals surface area contributed by atoms with Gasteiger partial charge in [0.25, 0.3) is 10.0 Å². The van der Waals surface area contributed by atoms with Crippen LogP contribution in [0.3, 0.4) is 0 Å².